The van der Waals surface area contributed by atoms with Crippen molar-refractivity contribution in [1.29, 1.82) is 0 Å². The molecule has 5 nitrogen and oxygen atoms in total. The van der Waals surface area contributed by atoms with Crippen LogP contribution in [0.3, 0.4) is 0 Å². The van der Waals surface area contributed by atoms with Gasteiger partial charge in [0.1, 0.15) is 0 Å². The minimum Gasteiger partial charge on any atom is -0.465 e. The van der Waals surface area contributed by atoms with Crippen LogP contribution in [-0.2, 0) is 17.5 Å². The zero-order valence-corrected chi connectivity index (χ0v) is 18.9. The van der Waals surface area contributed by atoms with E-state index in [1.165, 1.54) is 30.6 Å². The number of fused-ring (bicyclic) bond motifs is 1. The zero-order chi connectivity index (χ0) is 23.0. The number of hydrogen-bond donors (Lipinski definition) is 0. The highest BCUT2D eigenvalue weighted by atomic mass is 32.1. The van der Waals surface area contributed by atoms with Crippen LogP contribution in [0.1, 0.15) is 34.0 Å². The second kappa shape index (κ2) is 8.71. The molecule has 1 aliphatic heterocycles. The Hall–Kier alpha value is -2.65. The molecule has 1 aromatic heterocycles. The quantitative estimate of drug-likeness (QED) is 0.503. The van der Waals surface area contributed by atoms with Crippen molar-refractivity contribution >= 4 is 32.7 Å². The maximum absolute atomic E-state index is 13.0. The number of benzene rings is 2. The summed E-state index contributed by atoms with van der Waals surface area (Å²) >= 11 is 1.30. The predicted octanol–water partition coefficient (Wildman–Crippen LogP) is 5.12. The molecule has 0 N–H and O–H groups in total. The highest BCUT2D eigenvalue weighted by Crippen LogP contribution is 2.36. The molecule has 2 heterocycles. The van der Waals surface area contributed by atoms with Crippen molar-refractivity contribution in [1.82, 2.24) is 9.88 Å². The van der Waals surface area contributed by atoms with E-state index in [0.29, 0.717) is 22.3 Å². The van der Waals surface area contributed by atoms with Crippen LogP contribution < -0.4 is 4.90 Å². The molecule has 2 aromatic carbocycles. The average Bonchev–Trinajstić information content (AvgIpc) is 3.17. The Kier molecular flexibility index (Phi) is 6.13. The molecule has 4 rings (SSSR count). The van der Waals surface area contributed by atoms with Crippen LogP contribution in [0, 0.1) is 6.92 Å². The number of piperazine rings is 1. The van der Waals surface area contributed by atoms with Crippen LogP contribution in [0.15, 0.2) is 36.4 Å². The number of anilines is 1. The van der Waals surface area contributed by atoms with E-state index in [9.17, 15) is 18.0 Å². The van der Waals surface area contributed by atoms with Gasteiger partial charge in [0.25, 0.3) is 0 Å². The first kappa shape index (κ1) is 22.5. The number of aryl methyl sites for hydroxylation is 1. The molecule has 170 valence electrons. The van der Waals surface area contributed by atoms with E-state index in [-0.39, 0.29) is 12.0 Å². The van der Waals surface area contributed by atoms with Crippen LogP contribution in [0.4, 0.5) is 18.3 Å². The Morgan fingerprint density at radius 1 is 1.22 bits per heavy atom. The molecule has 0 radical (unpaired) electrons. The van der Waals surface area contributed by atoms with Crippen molar-refractivity contribution in [3.05, 3.63) is 58.7 Å². The fourth-order valence-electron chi connectivity index (χ4n) is 4.05. The Morgan fingerprint density at radius 2 is 2.00 bits per heavy atom. The van der Waals surface area contributed by atoms with E-state index in [2.05, 4.69) is 27.8 Å². The fraction of sp³-hybridized carbons (Fsp3) is 0.391. The largest absolute Gasteiger partial charge is 0.465 e. The van der Waals surface area contributed by atoms with Crippen molar-refractivity contribution in [2.45, 2.75) is 32.6 Å². The van der Waals surface area contributed by atoms with Crippen molar-refractivity contribution in [2.75, 3.05) is 31.6 Å². The third-order valence-corrected chi connectivity index (χ3v) is 6.76. The number of rotatable bonds is 4. The number of hydrogen-bond acceptors (Lipinski definition) is 6. The molecule has 1 fully saturated rings. The summed E-state index contributed by atoms with van der Waals surface area (Å²) in [4.78, 5) is 20.9. The average molecular weight is 464 g/mol. The molecule has 9 heteroatoms. The number of esters is 1. The molecule has 1 atom stereocenters. The number of aromatic nitrogens is 1. The molecule has 0 amide bonds. The maximum atomic E-state index is 13.0. The van der Waals surface area contributed by atoms with Crippen molar-refractivity contribution in [3.8, 4) is 0 Å². The number of carbonyl (C=O) groups excluding carboxylic acids is 1. The summed E-state index contributed by atoms with van der Waals surface area (Å²) in [6, 6.07) is 9.65. The van der Waals surface area contributed by atoms with Crippen LogP contribution in [-0.4, -0.2) is 48.6 Å². The topological polar surface area (TPSA) is 45.7 Å². The molecule has 0 unspecified atom stereocenters. The van der Waals surface area contributed by atoms with Gasteiger partial charge >= 0.3 is 12.1 Å². The van der Waals surface area contributed by atoms with Gasteiger partial charge in [0.05, 0.1) is 28.5 Å². The summed E-state index contributed by atoms with van der Waals surface area (Å²) in [6.07, 6.45) is -4.36. The third-order valence-electron chi connectivity index (χ3n) is 5.68. The molecule has 1 aliphatic rings. The van der Waals surface area contributed by atoms with Gasteiger partial charge in [-0.3, -0.25) is 4.90 Å². The van der Waals surface area contributed by atoms with Crippen LogP contribution >= 0.6 is 11.3 Å². The Morgan fingerprint density at radius 3 is 2.69 bits per heavy atom. The number of nitrogens with zero attached hydrogens (tertiary/aromatic N) is 3. The van der Waals surface area contributed by atoms with Gasteiger partial charge in [-0.25, -0.2) is 9.78 Å². The maximum Gasteiger partial charge on any atom is 0.416 e. The normalized spacial score (nSPS) is 17.7. The van der Waals surface area contributed by atoms with E-state index >= 15 is 0 Å². The smallest absolute Gasteiger partial charge is 0.416 e. The summed E-state index contributed by atoms with van der Waals surface area (Å²) in [5, 5.41) is 0.745. The molecule has 0 saturated carbocycles. The van der Waals surface area contributed by atoms with E-state index in [1.54, 1.807) is 0 Å². The lowest BCUT2D eigenvalue weighted by molar-refractivity contribution is -0.137. The van der Waals surface area contributed by atoms with Gasteiger partial charge in [-0.2, -0.15) is 13.2 Å². The number of carbonyl (C=O) groups is 1. The van der Waals surface area contributed by atoms with Gasteiger partial charge in [0.15, 0.2) is 5.13 Å². The number of alkyl halides is 3. The number of halogens is 3. The monoisotopic (exact) mass is 463 g/mol. The first-order valence-electron chi connectivity index (χ1n) is 10.3. The Labute approximate surface area is 188 Å². The second-order valence-electron chi connectivity index (χ2n) is 8.14. The highest BCUT2D eigenvalue weighted by Gasteiger charge is 2.31. The standard InChI is InChI=1S/C23H24F3N3O2S/c1-14-8-16(10-17(9-14)21(30)31-3)13-28-6-7-29(12-15(28)2)22-27-19-5-4-18(23(24,25)26)11-20(19)32-22/h4-5,8-11,15H,6-7,12-13H2,1-3H3/t15-/m1/s1. The van der Waals surface area contributed by atoms with Gasteiger partial charge in [0.2, 0.25) is 0 Å². The van der Waals surface area contributed by atoms with E-state index < -0.39 is 11.7 Å². The van der Waals surface area contributed by atoms with Gasteiger partial charge in [0, 0.05) is 32.2 Å². The van der Waals surface area contributed by atoms with Crippen LogP contribution in [0.5, 0.6) is 0 Å². The molecular weight excluding hydrogens is 439 g/mol. The Bertz CT molecular complexity index is 1150. The number of thiazole rings is 1. The SMILES string of the molecule is COC(=O)c1cc(C)cc(CN2CCN(c3nc4ccc(C(F)(F)F)cc4s3)C[C@H]2C)c1. The summed E-state index contributed by atoms with van der Waals surface area (Å²) in [5.74, 6) is -0.350. The lowest BCUT2D eigenvalue weighted by atomic mass is 10.0. The summed E-state index contributed by atoms with van der Waals surface area (Å²) in [7, 11) is 1.37. The summed E-state index contributed by atoms with van der Waals surface area (Å²) in [5.41, 5.74) is 2.53. The minimum absolute atomic E-state index is 0.212. The summed E-state index contributed by atoms with van der Waals surface area (Å²) < 4.78 is 44.4. The first-order valence-corrected chi connectivity index (χ1v) is 11.1. The van der Waals surface area contributed by atoms with Crippen LogP contribution in [0.25, 0.3) is 10.2 Å². The minimum atomic E-state index is -4.36. The summed E-state index contributed by atoms with van der Waals surface area (Å²) in [6.45, 7) is 7.02. The number of ether oxygens (including phenoxy) is 1. The van der Waals surface area contributed by atoms with Crippen molar-refractivity contribution in [3.63, 3.8) is 0 Å². The first-order chi connectivity index (χ1) is 15.1. The molecule has 0 spiro atoms. The zero-order valence-electron chi connectivity index (χ0n) is 18.1. The molecule has 32 heavy (non-hydrogen) atoms. The lowest BCUT2D eigenvalue weighted by Crippen LogP contribution is -2.51. The number of methoxy groups -OCH3 is 1. The van der Waals surface area contributed by atoms with Gasteiger partial charge in [-0.15, -0.1) is 0 Å². The van der Waals surface area contributed by atoms with Crippen molar-refractivity contribution < 1.29 is 22.7 Å². The van der Waals surface area contributed by atoms with E-state index in [4.69, 9.17) is 4.74 Å². The van der Waals surface area contributed by atoms with E-state index in [0.717, 1.165) is 42.0 Å². The Balaban J connectivity index is 1.47. The van der Waals surface area contributed by atoms with Gasteiger partial charge < -0.3 is 9.64 Å². The molecule has 0 aliphatic carbocycles. The van der Waals surface area contributed by atoms with E-state index in [1.807, 2.05) is 19.1 Å². The predicted molar refractivity (Wildman–Crippen MR) is 119 cm³/mol. The fourth-order valence-corrected chi connectivity index (χ4v) is 5.09. The molecular formula is C23H24F3N3O2S. The highest BCUT2D eigenvalue weighted by molar-refractivity contribution is 7.22. The molecule has 0 bridgehead atoms. The molecule has 3 aromatic rings. The van der Waals surface area contributed by atoms with Crippen molar-refractivity contribution in [2.24, 2.45) is 0 Å². The van der Waals surface area contributed by atoms with Crippen LogP contribution in [0.2, 0.25) is 0 Å². The second-order valence-corrected chi connectivity index (χ2v) is 9.15. The molecule has 1 saturated heterocycles. The van der Waals surface area contributed by atoms with Gasteiger partial charge in [-0.1, -0.05) is 17.4 Å². The third kappa shape index (κ3) is 4.73. The van der Waals surface area contributed by atoms with Gasteiger partial charge in [-0.05, 0) is 55.3 Å². The lowest BCUT2D eigenvalue weighted by Gasteiger charge is -2.39.